The second kappa shape index (κ2) is 10.2. The predicted octanol–water partition coefficient (Wildman–Crippen LogP) is 6.75. The van der Waals surface area contributed by atoms with Crippen molar-refractivity contribution in [2.75, 3.05) is 12.5 Å². The van der Waals surface area contributed by atoms with Gasteiger partial charge in [-0.2, -0.15) is 5.10 Å². The van der Waals surface area contributed by atoms with Crippen molar-refractivity contribution in [2.24, 2.45) is 0 Å². The zero-order valence-corrected chi connectivity index (χ0v) is 20.6. The number of H-pyrrole nitrogens is 1. The van der Waals surface area contributed by atoms with E-state index < -0.39 is 0 Å². The first-order valence-electron chi connectivity index (χ1n) is 11.1. The van der Waals surface area contributed by atoms with Gasteiger partial charge in [-0.1, -0.05) is 66.2 Å². The van der Waals surface area contributed by atoms with E-state index in [4.69, 9.17) is 33.3 Å². The lowest BCUT2D eigenvalue weighted by Crippen LogP contribution is -2.17. The van der Waals surface area contributed by atoms with E-state index in [0.29, 0.717) is 34.5 Å². The minimum atomic E-state index is 0.406. The Bertz CT molecular complexity index is 1550. The normalized spacial score (nSPS) is 10.9. The molecule has 0 fully saturated rings. The molecule has 1 heterocycles. The third-order valence-electron chi connectivity index (χ3n) is 5.72. The first-order valence-corrected chi connectivity index (χ1v) is 11.8. The zero-order valence-electron chi connectivity index (χ0n) is 19.0. The van der Waals surface area contributed by atoms with E-state index >= 15 is 0 Å². The van der Waals surface area contributed by atoms with Crippen LogP contribution in [-0.2, 0) is 13.2 Å². The van der Waals surface area contributed by atoms with Gasteiger partial charge in [0.2, 0.25) is 4.77 Å². The summed E-state index contributed by atoms with van der Waals surface area (Å²) in [6, 6.07) is 27.7. The van der Waals surface area contributed by atoms with E-state index in [-0.39, 0.29) is 0 Å². The minimum absolute atomic E-state index is 0.406. The average Bonchev–Trinajstić information content (AvgIpc) is 3.26. The quantitative estimate of drug-likeness (QED) is 0.230. The summed E-state index contributed by atoms with van der Waals surface area (Å²) in [5.41, 5.74) is 6.27. The molecule has 5 aromatic rings. The molecule has 0 aliphatic heterocycles. The molecule has 2 N–H and O–H groups in total. The van der Waals surface area contributed by atoms with E-state index in [0.717, 1.165) is 33.2 Å². The van der Waals surface area contributed by atoms with Crippen molar-refractivity contribution in [3.8, 4) is 22.9 Å². The Hall–Kier alpha value is -3.81. The maximum atomic E-state index is 6.26. The summed E-state index contributed by atoms with van der Waals surface area (Å²) < 4.78 is 14.0. The highest BCUT2D eigenvalue weighted by molar-refractivity contribution is 7.71. The molecule has 0 aliphatic rings. The van der Waals surface area contributed by atoms with E-state index in [1.54, 1.807) is 11.8 Å². The molecule has 0 atom stereocenters. The Morgan fingerprint density at radius 1 is 0.971 bits per heavy atom. The SMILES string of the molecule is COc1ccccc1-c1n[nH]c(=S)n1NCc1c(OCc2cccc(Cl)c2)ccc2ccccc12. The van der Waals surface area contributed by atoms with Crippen LogP contribution in [0, 0.1) is 4.77 Å². The third-order valence-corrected chi connectivity index (χ3v) is 6.22. The standard InChI is InChI=1S/C27H23ClN4O2S/c1-33-24-12-5-4-11-22(24)26-30-31-27(35)32(26)29-16-23-21-10-3-2-8-19(21)13-14-25(23)34-17-18-7-6-9-20(28)15-18/h2-15,29H,16-17H2,1H3,(H,31,35). The number of hydrogen-bond donors (Lipinski definition) is 2. The number of ether oxygens (including phenoxy) is 2. The van der Waals surface area contributed by atoms with Gasteiger partial charge in [0, 0.05) is 10.6 Å². The largest absolute Gasteiger partial charge is 0.496 e. The molecule has 6 nitrogen and oxygen atoms in total. The monoisotopic (exact) mass is 502 g/mol. The zero-order chi connectivity index (χ0) is 24.2. The van der Waals surface area contributed by atoms with Gasteiger partial charge in [-0.25, -0.2) is 9.77 Å². The van der Waals surface area contributed by atoms with E-state index in [1.165, 1.54) is 0 Å². The number of aromatic amines is 1. The van der Waals surface area contributed by atoms with Crippen LogP contribution in [0.15, 0.2) is 84.9 Å². The van der Waals surface area contributed by atoms with Gasteiger partial charge in [0.1, 0.15) is 18.1 Å². The highest BCUT2D eigenvalue weighted by Crippen LogP contribution is 2.31. The highest BCUT2D eigenvalue weighted by atomic mass is 35.5. The van der Waals surface area contributed by atoms with Crippen LogP contribution in [0.4, 0.5) is 0 Å². The maximum absolute atomic E-state index is 6.26. The Morgan fingerprint density at radius 2 is 1.80 bits per heavy atom. The molecule has 0 saturated carbocycles. The number of methoxy groups -OCH3 is 1. The summed E-state index contributed by atoms with van der Waals surface area (Å²) in [5, 5.41) is 10.2. The number of nitrogens with zero attached hydrogens (tertiary/aromatic N) is 2. The lowest BCUT2D eigenvalue weighted by atomic mass is 10.0. The maximum Gasteiger partial charge on any atom is 0.214 e. The molecule has 8 heteroatoms. The van der Waals surface area contributed by atoms with E-state index in [9.17, 15) is 0 Å². The van der Waals surface area contributed by atoms with Crippen LogP contribution in [0.3, 0.4) is 0 Å². The number of benzene rings is 4. The predicted molar refractivity (Wildman–Crippen MR) is 142 cm³/mol. The van der Waals surface area contributed by atoms with Crippen LogP contribution in [0.2, 0.25) is 5.02 Å². The van der Waals surface area contributed by atoms with Gasteiger partial charge in [-0.3, -0.25) is 0 Å². The minimum Gasteiger partial charge on any atom is -0.496 e. The number of hydrogen-bond acceptors (Lipinski definition) is 5. The van der Waals surface area contributed by atoms with Crippen LogP contribution in [0.5, 0.6) is 11.5 Å². The van der Waals surface area contributed by atoms with Gasteiger partial charge in [0.15, 0.2) is 5.82 Å². The van der Waals surface area contributed by atoms with Crippen molar-refractivity contribution >= 4 is 34.6 Å². The molecule has 5 rings (SSSR count). The Kier molecular flexibility index (Phi) is 6.70. The lowest BCUT2D eigenvalue weighted by molar-refractivity contribution is 0.303. The van der Waals surface area contributed by atoms with E-state index in [1.807, 2.05) is 66.7 Å². The molecular formula is C27H23ClN4O2S. The van der Waals surface area contributed by atoms with Crippen LogP contribution in [0.25, 0.3) is 22.2 Å². The molecule has 35 heavy (non-hydrogen) atoms. The van der Waals surface area contributed by atoms with Crippen molar-refractivity contribution in [3.63, 3.8) is 0 Å². The summed E-state index contributed by atoms with van der Waals surface area (Å²) in [5.74, 6) is 2.12. The van der Waals surface area contributed by atoms with Crippen LogP contribution in [0.1, 0.15) is 11.1 Å². The fourth-order valence-corrected chi connectivity index (χ4v) is 4.44. The molecule has 176 valence electrons. The number of fused-ring (bicyclic) bond motifs is 1. The fourth-order valence-electron chi connectivity index (χ4n) is 4.03. The third kappa shape index (κ3) is 4.87. The molecule has 0 radical (unpaired) electrons. The summed E-state index contributed by atoms with van der Waals surface area (Å²) in [4.78, 5) is 0. The van der Waals surface area contributed by atoms with Crippen LogP contribution in [-0.4, -0.2) is 22.0 Å². The first kappa shape index (κ1) is 23.0. The molecule has 0 saturated heterocycles. The van der Waals surface area contributed by atoms with Gasteiger partial charge < -0.3 is 14.9 Å². The average molecular weight is 503 g/mol. The summed E-state index contributed by atoms with van der Waals surface area (Å²) in [7, 11) is 1.64. The molecular weight excluding hydrogens is 480 g/mol. The van der Waals surface area contributed by atoms with Crippen molar-refractivity contribution in [2.45, 2.75) is 13.2 Å². The molecule has 0 unspecified atom stereocenters. The molecule has 0 spiro atoms. The van der Waals surface area contributed by atoms with Crippen molar-refractivity contribution in [1.82, 2.24) is 14.9 Å². The van der Waals surface area contributed by atoms with Crippen molar-refractivity contribution in [3.05, 3.63) is 106 Å². The van der Waals surface area contributed by atoms with Gasteiger partial charge in [-0.15, -0.1) is 0 Å². The first-order chi connectivity index (χ1) is 17.1. The van der Waals surface area contributed by atoms with Gasteiger partial charge in [0.05, 0.1) is 19.2 Å². The van der Waals surface area contributed by atoms with Crippen LogP contribution >= 0.6 is 23.8 Å². The molecule has 0 aliphatic carbocycles. The number of rotatable bonds is 8. The second-order valence-electron chi connectivity index (χ2n) is 7.90. The number of aromatic nitrogens is 3. The highest BCUT2D eigenvalue weighted by Gasteiger charge is 2.15. The number of para-hydroxylation sites is 1. The van der Waals surface area contributed by atoms with E-state index in [2.05, 4.69) is 33.8 Å². The van der Waals surface area contributed by atoms with Gasteiger partial charge >= 0.3 is 0 Å². The molecule has 0 bridgehead atoms. The van der Waals surface area contributed by atoms with Gasteiger partial charge in [0.25, 0.3) is 0 Å². The number of nitrogens with one attached hydrogen (secondary N) is 2. The van der Waals surface area contributed by atoms with Crippen molar-refractivity contribution in [1.29, 1.82) is 0 Å². The lowest BCUT2D eigenvalue weighted by Gasteiger charge is -2.17. The fraction of sp³-hybridized carbons (Fsp3) is 0.111. The Labute approximate surface area is 213 Å². The molecule has 1 aromatic heterocycles. The topological polar surface area (TPSA) is 64.1 Å². The Balaban J connectivity index is 1.48. The summed E-state index contributed by atoms with van der Waals surface area (Å²) in [6.45, 7) is 0.867. The summed E-state index contributed by atoms with van der Waals surface area (Å²) in [6.07, 6.45) is 0. The van der Waals surface area contributed by atoms with Gasteiger partial charge in [-0.05, 0) is 58.9 Å². The smallest absolute Gasteiger partial charge is 0.214 e. The second-order valence-corrected chi connectivity index (χ2v) is 8.73. The van der Waals surface area contributed by atoms with Crippen LogP contribution < -0.4 is 14.9 Å². The summed E-state index contributed by atoms with van der Waals surface area (Å²) >= 11 is 11.7. The molecule has 0 amide bonds. The van der Waals surface area contributed by atoms with Crippen molar-refractivity contribution < 1.29 is 9.47 Å². The molecule has 4 aromatic carbocycles. The Morgan fingerprint density at radius 3 is 2.66 bits per heavy atom. The number of halogens is 1.